The van der Waals surface area contributed by atoms with Gasteiger partial charge in [0.25, 0.3) is 0 Å². The average Bonchev–Trinajstić information content (AvgIpc) is 2.27. The number of esters is 1. The Hall–Kier alpha value is -1.06. The fraction of sp³-hybridized carbons (Fsp3) is 0.364. The molecule has 1 aliphatic rings. The lowest BCUT2D eigenvalue weighted by Crippen LogP contribution is -2.42. The molecule has 3 nitrogen and oxygen atoms in total. The molecule has 0 unspecified atom stereocenters. The van der Waals surface area contributed by atoms with Gasteiger partial charge in [-0.25, -0.2) is 0 Å². The first-order valence-electron chi connectivity index (χ1n) is 4.79. The fourth-order valence-corrected chi connectivity index (χ4v) is 1.99. The van der Waals surface area contributed by atoms with Gasteiger partial charge in [-0.1, -0.05) is 17.7 Å². The summed E-state index contributed by atoms with van der Waals surface area (Å²) in [4.78, 5) is 11.3. The topological polar surface area (TPSA) is 38.3 Å². The number of carbonyl (C=O) groups excluding carboxylic acids is 1. The third kappa shape index (κ3) is 2.13. The predicted molar refractivity (Wildman–Crippen MR) is 57.8 cm³/mol. The van der Waals surface area contributed by atoms with Crippen molar-refractivity contribution in [2.75, 3.05) is 7.11 Å². The highest BCUT2D eigenvalue weighted by atomic mass is 35.5. The van der Waals surface area contributed by atoms with Gasteiger partial charge in [-0.2, -0.15) is 0 Å². The molecule has 0 aliphatic carbocycles. The minimum Gasteiger partial charge on any atom is -0.468 e. The zero-order chi connectivity index (χ0) is 10.8. The van der Waals surface area contributed by atoms with Crippen molar-refractivity contribution in [1.29, 1.82) is 0 Å². The van der Waals surface area contributed by atoms with Crippen molar-refractivity contribution in [3.63, 3.8) is 0 Å². The molecule has 4 heteroatoms. The van der Waals surface area contributed by atoms with Gasteiger partial charge < -0.3 is 10.1 Å². The summed E-state index contributed by atoms with van der Waals surface area (Å²) in [6.07, 6.45) is 0.666. The first-order chi connectivity index (χ1) is 7.20. The van der Waals surface area contributed by atoms with E-state index < -0.39 is 0 Å². The lowest BCUT2D eigenvalue weighted by molar-refractivity contribution is -0.143. The lowest BCUT2D eigenvalue weighted by atomic mass is 9.96. The van der Waals surface area contributed by atoms with E-state index in [0.29, 0.717) is 13.0 Å². The van der Waals surface area contributed by atoms with Crippen molar-refractivity contribution in [2.45, 2.75) is 19.0 Å². The zero-order valence-corrected chi connectivity index (χ0v) is 9.17. The molecule has 80 valence electrons. The second-order valence-corrected chi connectivity index (χ2v) is 4.01. The third-order valence-corrected chi connectivity index (χ3v) is 2.85. The Bertz CT molecular complexity index is 392. The van der Waals surface area contributed by atoms with Crippen molar-refractivity contribution < 1.29 is 9.53 Å². The van der Waals surface area contributed by atoms with Gasteiger partial charge in [0.1, 0.15) is 6.04 Å². The van der Waals surface area contributed by atoms with Gasteiger partial charge in [-0.3, -0.25) is 4.79 Å². The number of rotatable bonds is 1. The molecule has 0 bridgehead atoms. The molecule has 0 saturated heterocycles. The second kappa shape index (κ2) is 4.21. The van der Waals surface area contributed by atoms with Crippen LogP contribution < -0.4 is 5.32 Å². The summed E-state index contributed by atoms with van der Waals surface area (Å²) < 4.78 is 4.70. The van der Waals surface area contributed by atoms with Gasteiger partial charge >= 0.3 is 5.97 Å². The SMILES string of the molecule is COC(=O)[C@H]1Cc2ccc(Cl)cc2CN1. The van der Waals surface area contributed by atoms with Crippen LogP contribution in [0.25, 0.3) is 0 Å². The second-order valence-electron chi connectivity index (χ2n) is 3.57. The van der Waals surface area contributed by atoms with Crippen LogP contribution in [-0.2, 0) is 22.5 Å². The summed E-state index contributed by atoms with van der Waals surface area (Å²) in [5.41, 5.74) is 2.32. The monoisotopic (exact) mass is 225 g/mol. The molecule has 0 spiro atoms. The van der Waals surface area contributed by atoms with E-state index in [-0.39, 0.29) is 12.0 Å². The summed E-state index contributed by atoms with van der Waals surface area (Å²) in [5, 5.41) is 3.85. The maximum atomic E-state index is 11.3. The van der Waals surface area contributed by atoms with Crippen LogP contribution >= 0.6 is 11.6 Å². The van der Waals surface area contributed by atoms with E-state index in [4.69, 9.17) is 16.3 Å². The molecule has 0 amide bonds. The Kier molecular flexibility index (Phi) is 2.93. The summed E-state index contributed by atoms with van der Waals surface area (Å²) >= 11 is 5.88. The molecule has 0 aromatic heterocycles. The fourth-order valence-electron chi connectivity index (χ4n) is 1.79. The molecular formula is C11H12ClNO2. The van der Waals surface area contributed by atoms with E-state index in [0.717, 1.165) is 16.1 Å². The van der Waals surface area contributed by atoms with Gasteiger partial charge in [0.15, 0.2) is 0 Å². The molecule has 1 aliphatic heterocycles. The molecule has 1 N–H and O–H groups in total. The predicted octanol–water partition coefficient (Wildman–Crippen LogP) is 1.53. The van der Waals surface area contributed by atoms with Crippen LogP contribution in [0.2, 0.25) is 5.02 Å². The highest BCUT2D eigenvalue weighted by molar-refractivity contribution is 6.30. The summed E-state index contributed by atoms with van der Waals surface area (Å²) in [6, 6.07) is 5.51. The number of nitrogens with one attached hydrogen (secondary N) is 1. The van der Waals surface area contributed by atoms with Crippen molar-refractivity contribution in [2.24, 2.45) is 0 Å². The summed E-state index contributed by atoms with van der Waals surface area (Å²) in [7, 11) is 1.40. The average molecular weight is 226 g/mol. The minimum absolute atomic E-state index is 0.212. The van der Waals surface area contributed by atoms with Crippen LogP contribution in [0.1, 0.15) is 11.1 Å². The Balaban J connectivity index is 2.20. The minimum atomic E-state index is -0.233. The van der Waals surface area contributed by atoms with E-state index in [9.17, 15) is 4.79 Å². The number of methoxy groups -OCH3 is 1. The molecule has 0 saturated carbocycles. The first-order valence-corrected chi connectivity index (χ1v) is 5.17. The number of halogens is 1. The van der Waals surface area contributed by atoms with Gasteiger partial charge in [-0.15, -0.1) is 0 Å². The van der Waals surface area contributed by atoms with Gasteiger partial charge in [0, 0.05) is 11.6 Å². The van der Waals surface area contributed by atoms with Gasteiger partial charge in [-0.05, 0) is 29.7 Å². The van der Waals surface area contributed by atoms with E-state index in [2.05, 4.69) is 5.32 Å². The third-order valence-electron chi connectivity index (χ3n) is 2.62. The van der Waals surface area contributed by atoms with Crippen LogP contribution in [0.5, 0.6) is 0 Å². The number of fused-ring (bicyclic) bond motifs is 1. The van der Waals surface area contributed by atoms with Crippen molar-refractivity contribution in [3.05, 3.63) is 34.3 Å². The largest absolute Gasteiger partial charge is 0.468 e. The number of ether oxygens (including phenoxy) is 1. The van der Waals surface area contributed by atoms with Crippen molar-refractivity contribution in [1.82, 2.24) is 5.32 Å². The summed E-state index contributed by atoms with van der Waals surface area (Å²) in [6.45, 7) is 0.662. The van der Waals surface area contributed by atoms with Crippen molar-refractivity contribution in [3.8, 4) is 0 Å². The molecule has 0 fully saturated rings. The maximum Gasteiger partial charge on any atom is 0.323 e. The normalized spacial score (nSPS) is 19.5. The van der Waals surface area contributed by atoms with Crippen LogP contribution in [0.4, 0.5) is 0 Å². The van der Waals surface area contributed by atoms with Crippen molar-refractivity contribution >= 4 is 17.6 Å². The van der Waals surface area contributed by atoms with Crippen LogP contribution in [0.15, 0.2) is 18.2 Å². The van der Waals surface area contributed by atoms with Gasteiger partial charge in [0.05, 0.1) is 7.11 Å². The molecule has 2 rings (SSSR count). The Morgan fingerprint density at radius 2 is 2.33 bits per heavy atom. The molecule has 1 heterocycles. The summed E-state index contributed by atoms with van der Waals surface area (Å²) in [5.74, 6) is -0.212. The molecule has 15 heavy (non-hydrogen) atoms. The van der Waals surface area contributed by atoms with E-state index in [1.807, 2.05) is 18.2 Å². The number of carbonyl (C=O) groups is 1. The Morgan fingerprint density at radius 3 is 3.07 bits per heavy atom. The Labute approximate surface area is 93.4 Å². The number of hydrogen-bond acceptors (Lipinski definition) is 3. The molecule has 1 atom stereocenters. The Morgan fingerprint density at radius 1 is 1.53 bits per heavy atom. The highest BCUT2D eigenvalue weighted by Gasteiger charge is 2.24. The van der Waals surface area contributed by atoms with Crippen LogP contribution in [0, 0.1) is 0 Å². The van der Waals surface area contributed by atoms with E-state index in [1.54, 1.807) is 0 Å². The van der Waals surface area contributed by atoms with Crippen LogP contribution in [-0.4, -0.2) is 19.1 Å². The van der Waals surface area contributed by atoms with Crippen LogP contribution in [0.3, 0.4) is 0 Å². The zero-order valence-electron chi connectivity index (χ0n) is 8.42. The quantitative estimate of drug-likeness (QED) is 0.737. The molecule has 1 aromatic rings. The number of benzene rings is 1. The molecule has 0 radical (unpaired) electrons. The maximum absolute atomic E-state index is 11.3. The standard InChI is InChI=1S/C11H12ClNO2/c1-15-11(14)10-5-7-2-3-9(12)4-8(7)6-13-10/h2-4,10,13H,5-6H2,1H3/t10-/m1/s1. The van der Waals surface area contributed by atoms with E-state index in [1.165, 1.54) is 7.11 Å². The first kappa shape index (κ1) is 10.5. The van der Waals surface area contributed by atoms with E-state index >= 15 is 0 Å². The lowest BCUT2D eigenvalue weighted by Gasteiger charge is -2.24. The van der Waals surface area contributed by atoms with Gasteiger partial charge in [0.2, 0.25) is 0 Å². The molecule has 1 aromatic carbocycles. The smallest absolute Gasteiger partial charge is 0.323 e. The number of hydrogen-bond donors (Lipinski definition) is 1. The molecular weight excluding hydrogens is 214 g/mol. The highest BCUT2D eigenvalue weighted by Crippen LogP contribution is 2.21.